The third-order valence-electron chi connectivity index (χ3n) is 4.99. The number of aliphatic imine (C=N–C) groups is 1. The number of halogens is 1. The van der Waals surface area contributed by atoms with Gasteiger partial charge in [-0.15, -0.1) is 35.3 Å². The van der Waals surface area contributed by atoms with Gasteiger partial charge in [0.2, 0.25) is 0 Å². The first-order valence-electron chi connectivity index (χ1n) is 9.93. The Kier molecular flexibility index (Phi) is 8.03. The number of thiazole rings is 1. The van der Waals surface area contributed by atoms with Gasteiger partial charge in [-0.2, -0.15) is 0 Å². The number of nitrogens with one attached hydrogen (secondary N) is 1. The van der Waals surface area contributed by atoms with Crippen LogP contribution in [0.5, 0.6) is 0 Å². The maximum Gasteiger partial charge on any atom is 0.194 e. The Hall–Kier alpha value is -2.46. The van der Waals surface area contributed by atoms with Crippen LogP contribution in [0.25, 0.3) is 11.0 Å². The van der Waals surface area contributed by atoms with Crippen LogP contribution >= 0.6 is 35.3 Å². The van der Waals surface area contributed by atoms with Crippen molar-refractivity contribution in [3.05, 3.63) is 82.1 Å². The molecule has 0 unspecified atom stereocenters. The van der Waals surface area contributed by atoms with Crippen LogP contribution in [0.1, 0.15) is 21.8 Å². The molecule has 8 heteroatoms. The Labute approximate surface area is 204 Å². The van der Waals surface area contributed by atoms with Crippen LogP contribution in [0, 0.1) is 6.92 Å². The molecule has 2 heterocycles. The summed E-state index contributed by atoms with van der Waals surface area (Å²) in [6, 6.07) is 16.9. The summed E-state index contributed by atoms with van der Waals surface area (Å²) in [6.45, 7) is 4.30. The molecule has 0 saturated carbocycles. The molecule has 0 atom stereocenters. The summed E-state index contributed by atoms with van der Waals surface area (Å²) in [5.74, 6) is 0.856. The highest BCUT2D eigenvalue weighted by Gasteiger charge is 2.09. The fourth-order valence-electron chi connectivity index (χ4n) is 3.46. The highest BCUT2D eigenvalue weighted by atomic mass is 127. The Morgan fingerprint density at radius 2 is 1.87 bits per heavy atom. The standard InChI is InChI=1S/C23H26N6S.HI/c1-17-27-20(15-30-17)14-28(3)23(24-2)25-12-18-8-10-19(11-9-18)13-29-16-26-21-6-4-5-7-22(21)29;/h4-11,15-16H,12-14H2,1-3H3,(H,24,25);1H. The van der Waals surface area contributed by atoms with Gasteiger partial charge in [-0.05, 0) is 30.2 Å². The molecule has 0 aliphatic heterocycles. The minimum absolute atomic E-state index is 0. The normalized spacial score (nSPS) is 11.4. The summed E-state index contributed by atoms with van der Waals surface area (Å²) in [4.78, 5) is 15.5. The van der Waals surface area contributed by atoms with Crippen LogP contribution in [0.4, 0.5) is 0 Å². The Bertz CT molecular complexity index is 1150. The van der Waals surface area contributed by atoms with Crippen LogP contribution in [0.2, 0.25) is 0 Å². The van der Waals surface area contributed by atoms with Gasteiger partial charge in [-0.25, -0.2) is 9.97 Å². The number of benzene rings is 2. The second kappa shape index (κ2) is 10.7. The first kappa shape index (κ1) is 23.2. The van der Waals surface area contributed by atoms with Gasteiger partial charge in [0.1, 0.15) is 0 Å². The molecule has 0 bridgehead atoms. The number of hydrogen-bond donors (Lipinski definition) is 1. The second-order valence-electron chi connectivity index (χ2n) is 7.29. The van der Waals surface area contributed by atoms with Crippen molar-refractivity contribution in [2.45, 2.75) is 26.6 Å². The Balaban J connectivity index is 0.00000272. The smallest absolute Gasteiger partial charge is 0.194 e. The SMILES string of the molecule is CN=C(NCc1ccc(Cn2cnc3ccccc32)cc1)N(C)Cc1csc(C)n1.I. The van der Waals surface area contributed by atoms with E-state index in [1.807, 2.05) is 39.5 Å². The van der Waals surface area contributed by atoms with Gasteiger partial charge in [-0.1, -0.05) is 36.4 Å². The summed E-state index contributed by atoms with van der Waals surface area (Å²) in [5.41, 5.74) is 5.72. The molecule has 1 N–H and O–H groups in total. The zero-order valence-electron chi connectivity index (χ0n) is 17.9. The van der Waals surface area contributed by atoms with Crippen LogP contribution in [0.15, 0.2) is 65.2 Å². The van der Waals surface area contributed by atoms with Crippen molar-refractivity contribution in [3.8, 4) is 0 Å². The predicted molar refractivity (Wildman–Crippen MR) is 139 cm³/mol. The second-order valence-corrected chi connectivity index (χ2v) is 8.35. The van der Waals surface area contributed by atoms with E-state index < -0.39 is 0 Å². The minimum atomic E-state index is 0. The summed E-state index contributed by atoms with van der Waals surface area (Å²) in [7, 11) is 3.84. The van der Waals surface area contributed by atoms with Gasteiger partial charge in [0.05, 0.1) is 34.6 Å². The maximum atomic E-state index is 4.53. The van der Waals surface area contributed by atoms with Crippen molar-refractivity contribution in [3.63, 3.8) is 0 Å². The Morgan fingerprint density at radius 1 is 1.13 bits per heavy atom. The van der Waals surface area contributed by atoms with E-state index in [2.05, 4.69) is 71.5 Å². The van der Waals surface area contributed by atoms with Gasteiger partial charge in [-0.3, -0.25) is 4.99 Å². The molecule has 0 radical (unpaired) electrons. The number of nitrogens with zero attached hydrogens (tertiary/aromatic N) is 5. The van der Waals surface area contributed by atoms with E-state index >= 15 is 0 Å². The molecule has 31 heavy (non-hydrogen) atoms. The molecule has 6 nitrogen and oxygen atoms in total. The van der Waals surface area contributed by atoms with E-state index in [0.29, 0.717) is 0 Å². The molecule has 2 aromatic heterocycles. The first-order chi connectivity index (χ1) is 14.6. The average molecular weight is 546 g/mol. The summed E-state index contributed by atoms with van der Waals surface area (Å²) >= 11 is 1.68. The lowest BCUT2D eigenvalue weighted by atomic mass is 10.1. The van der Waals surface area contributed by atoms with E-state index in [-0.39, 0.29) is 24.0 Å². The topological polar surface area (TPSA) is 58.3 Å². The third kappa shape index (κ3) is 5.82. The van der Waals surface area contributed by atoms with E-state index in [4.69, 9.17) is 0 Å². The maximum absolute atomic E-state index is 4.53. The molecule has 0 amide bonds. The lowest BCUT2D eigenvalue weighted by Crippen LogP contribution is -2.38. The monoisotopic (exact) mass is 546 g/mol. The molecule has 0 aliphatic rings. The predicted octanol–water partition coefficient (Wildman–Crippen LogP) is 4.67. The van der Waals surface area contributed by atoms with Crippen LogP contribution in [0.3, 0.4) is 0 Å². The summed E-state index contributed by atoms with van der Waals surface area (Å²) < 4.78 is 2.18. The van der Waals surface area contributed by atoms with Crippen molar-refractivity contribution in [2.24, 2.45) is 4.99 Å². The Morgan fingerprint density at radius 3 is 2.58 bits per heavy atom. The average Bonchev–Trinajstić information content (AvgIpc) is 3.36. The van der Waals surface area contributed by atoms with Gasteiger partial charge in [0.15, 0.2) is 5.96 Å². The summed E-state index contributed by atoms with van der Waals surface area (Å²) in [5, 5.41) is 6.62. The van der Waals surface area contributed by atoms with E-state index in [9.17, 15) is 0 Å². The number of rotatable bonds is 6. The molecule has 0 saturated heterocycles. The van der Waals surface area contributed by atoms with Gasteiger partial charge < -0.3 is 14.8 Å². The van der Waals surface area contributed by atoms with E-state index in [0.717, 1.165) is 47.3 Å². The molecule has 2 aromatic carbocycles. The van der Waals surface area contributed by atoms with Crippen molar-refractivity contribution < 1.29 is 0 Å². The number of fused-ring (bicyclic) bond motifs is 1. The number of guanidine groups is 1. The zero-order valence-corrected chi connectivity index (χ0v) is 21.1. The number of aryl methyl sites for hydroxylation is 1. The number of aromatic nitrogens is 3. The van der Waals surface area contributed by atoms with Crippen molar-refractivity contribution in [1.29, 1.82) is 0 Å². The number of hydrogen-bond acceptors (Lipinski definition) is 4. The van der Waals surface area contributed by atoms with Gasteiger partial charge >= 0.3 is 0 Å². The highest BCUT2D eigenvalue weighted by Crippen LogP contribution is 2.15. The number of imidazole rings is 1. The fourth-order valence-corrected chi connectivity index (χ4v) is 4.06. The largest absolute Gasteiger partial charge is 0.352 e. The van der Waals surface area contributed by atoms with Crippen LogP contribution in [-0.2, 0) is 19.6 Å². The third-order valence-corrected chi connectivity index (χ3v) is 5.82. The first-order valence-corrected chi connectivity index (χ1v) is 10.8. The van der Waals surface area contributed by atoms with Crippen LogP contribution in [-0.4, -0.2) is 39.5 Å². The molecule has 4 aromatic rings. The van der Waals surface area contributed by atoms with E-state index in [1.54, 1.807) is 11.3 Å². The zero-order chi connectivity index (χ0) is 20.9. The van der Waals surface area contributed by atoms with Gasteiger partial charge in [0, 0.05) is 32.6 Å². The number of para-hydroxylation sites is 2. The fraction of sp³-hybridized carbons (Fsp3) is 0.261. The molecule has 0 spiro atoms. The summed E-state index contributed by atoms with van der Waals surface area (Å²) in [6.07, 6.45) is 1.91. The van der Waals surface area contributed by atoms with E-state index in [1.165, 1.54) is 11.1 Å². The van der Waals surface area contributed by atoms with Gasteiger partial charge in [0.25, 0.3) is 0 Å². The quantitative estimate of drug-likeness (QED) is 0.217. The molecular weight excluding hydrogens is 519 g/mol. The lowest BCUT2D eigenvalue weighted by Gasteiger charge is -2.21. The van der Waals surface area contributed by atoms with Crippen molar-refractivity contribution in [1.82, 2.24) is 24.8 Å². The molecule has 0 fully saturated rings. The molecule has 0 aliphatic carbocycles. The molecular formula is C23H27IN6S. The van der Waals surface area contributed by atoms with Crippen molar-refractivity contribution in [2.75, 3.05) is 14.1 Å². The lowest BCUT2D eigenvalue weighted by molar-refractivity contribution is 0.470. The molecule has 162 valence electrons. The highest BCUT2D eigenvalue weighted by molar-refractivity contribution is 14.0. The molecule has 4 rings (SSSR count). The van der Waals surface area contributed by atoms with Crippen molar-refractivity contribution >= 4 is 52.3 Å². The minimum Gasteiger partial charge on any atom is -0.352 e. The van der Waals surface area contributed by atoms with Crippen LogP contribution < -0.4 is 5.32 Å².